The van der Waals surface area contributed by atoms with Crippen LogP contribution in [0.25, 0.3) is 6.08 Å². The van der Waals surface area contributed by atoms with Crippen molar-refractivity contribution in [3.05, 3.63) is 65.7 Å². The van der Waals surface area contributed by atoms with E-state index in [4.69, 9.17) is 4.74 Å². The van der Waals surface area contributed by atoms with Crippen molar-refractivity contribution in [2.45, 2.75) is 6.61 Å². The van der Waals surface area contributed by atoms with Crippen LogP contribution in [0.15, 0.2) is 54.6 Å². The Morgan fingerprint density at radius 3 is 2.37 bits per heavy atom. The van der Waals surface area contributed by atoms with E-state index in [0.29, 0.717) is 16.9 Å². The molecule has 2 aromatic rings. The zero-order valence-electron chi connectivity index (χ0n) is 14.9. The summed E-state index contributed by atoms with van der Waals surface area (Å²) in [4.78, 5) is 25.1. The first kappa shape index (κ1) is 20.1. The zero-order valence-corrected chi connectivity index (χ0v) is 14.9. The first-order chi connectivity index (χ1) is 12.9. The number of carbonyl (C=O) groups excluding carboxylic acids is 2. The summed E-state index contributed by atoms with van der Waals surface area (Å²) in [6.45, 7) is -3.04. The number of hydrogen-bond acceptors (Lipinski definition) is 4. The van der Waals surface area contributed by atoms with Crippen LogP contribution in [0.1, 0.15) is 15.9 Å². The number of allylic oxidation sites excluding steroid dienone is 1. The van der Waals surface area contributed by atoms with Crippen LogP contribution in [-0.2, 0) is 4.79 Å². The smallest absolute Gasteiger partial charge is 0.387 e. The minimum Gasteiger partial charge on any atom is -0.484 e. The quantitative estimate of drug-likeness (QED) is 0.522. The predicted molar refractivity (Wildman–Crippen MR) is 97.1 cm³/mol. The number of halogens is 2. The Labute approximate surface area is 155 Å². The number of benzene rings is 2. The van der Waals surface area contributed by atoms with Crippen LogP contribution in [0.3, 0.4) is 0 Å². The van der Waals surface area contributed by atoms with Crippen molar-refractivity contribution in [2.75, 3.05) is 20.7 Å². The largest absolute Gasteiger partial charge is 0.484 e. The number of amides is 1. The molecule has 2 aromatic carbocycles. The molecule has 0 unspecified atom stereocenters. The van der Waals surface area contributed by atoms with E-state index in [1.807, 2.05) is 0 Å². The van der Waals surface area contributed by atoms with E-state index >= 15 is 0 Å². The van der Waals surface area contributed by atoms with Gasteiger partial charge in [0, 0.05) is 25.2 Å². The third-order valence-corrected chi connectivity index (χ3v) is 3.55. The maximum absolute atomic E-state index is 12.4. The fraction of sp³-hybridized carbons (Fsp3) is 0.200. The highest BCUT2D eigenvalue weighted by Crippen LogP contribution is 2.22. The van der Waals surface area contributed by atoms with E-state index in [9.17, 15) is 18.4 Å². The highest BCUT2D eigenvalue weighted by molar-refractivity contribution is 6.07. The molecule has 0 aliphatic heterocycles. The van der Waals surface area contributed by atoms with Crippen LogP contribution in [0.2, 0.25) is 0 Å². The Balaban J connectivity index is 2.02. The van der Waals surface area contributed by atoms with E-state index in [0.717, 1.165) is 0 Å². The van der Waals surface area contributed by atoms with Crippen LogP contribution in [0.4, 0.5) is 8.78 Å². The van der Waals surface area contributed by atoms with Crippen LogP contribution < -0.4 is 9.47 Å². The second-order valence-corrected chi connectivity index (χ2v) is 5.72. The van der Waals surface area contributed by atoms with E-state index < -0.39 is 6.61 Å². The Morgan fingerprint density at radius 1 is 1.07 bits per heavy atom. The molecule has 1 amide bonds. The van der Waals surface area contributed by atoms with Gasteiger partial charge in [0.25, 0.3) is 5.91 Å². The molecular weight excluding hydrogens is 356 g/mol. The fourth-order valence-electron chi connectivity index (χ4n) is 2.07. The number of nitrogens with zero attached hydrogens (tertiary/aromatic N) is 1. The van der Waals surface area contributed by atoms with Crippen molar-refractivity contribution in [3.63, 3.8) is 0 Å². The molecule has 0 aliphatic carbocycles. The summed E-state index contributed by atoms with van der Waals surface area (Å²) in [6.07, 6.45) is 2.69. The summed E-state index contributed by atoms with van der Waals surface area (Å²) < 4.78 is 34.6. The third kappa shape index (κ3) is 6.22. The van der Waals surface area contributed by atoms with E-state index in [-0.39, 0.29) is 24.0 Å². The SMILES string of the molecule is CN(C)C(=O)COc1ccc(C(=O)/C=C/c2ccccc2OC(F)F)cc1. The van der Waals surface area contributed by atoms with Crippen LogP contribution in [0, 0.1) is 0 Å². The summed E-state index contributed by atoms with van der Waals surface area (Å²) in [5, 5.41) is 0. The minimum atomic E-state index is -2.94. The van der Waals surface area contributed by atoms with Crippen LogP contribution >= 0.6 is 0 Å². The number of carbonyl (C=O) groups is 2. The highest BCUT2D eigenvalue weighted by Gasteiger charge is 2.09. The first-order valence-electron chi connectivity index (χ1n) is 8.06. The molecule has 0 heterocycles. The Morgan fingerprint density at radius 2 is 1.74 bits per heavy atom. The Hall–Kier alpha value is -3.22. The van der Waals surface area contributed by atoms with Crippen molar-refractivity contribution in [1.82, 2.24) is 4.90 Å². The standard InChI is InChI=1S/C20H19F2NO4/c1-23(2)19(25)13-26-16-10-7-14(8-11-16)17(24)12-9-15-5-3-4-6-18(15)27-20(21)22/h3-12,20H,13H2,1-2H3/b12-9+. The van der Waals surface area contributed by atoms with Crippen LogP contribution in [0.5, 0.6) is 11.5 Å². The maximum Gasteiger partial charge on any atom is 0.387 e. The van der Waals surface area contributed by atoms with Gasteiger partial charge >= 0.3 is 6.61 Å². The van der Waals surface area contributed by atoms with Gasteiger partial charge in [-0.15, -0.1) is 0 Å². The molecule has 0 aromatic heterocycles. The van der Waals surface area contributed by atoms with Gasteiger partial charge in [-0.3, -0.25) is 9.59 Å². The monoisotopic (exact) mass is 375 g/mol. The van der Waals surface area contributed by atoms with Crippen LogP contribution in [-0.4, -0.2) is 43.9 Å². The topological polar surface area (TPSA) is 55.8 Å². The molecule has 0 spiro atoms. The zero-order chi connectivity index (χ0) is 19.8. The van der Waals surface area contributed by atoms with Crippen molar-refractivity contribution in [3.8, 4) is 11.5 Å². The lowest BCUT2D eigenvalue weighted by atomic mass is 10.1. The normalized spacial score (nSPS) is 10.9. The molecule has 0 saturated carbocycles. The molecule has 0 bridgehead atoms. The van der Waals surface area contributed by atoms with Gasteiger partial charge in [0.15, 0.2) is 12.4 Å². The van der Waals surface area contributed by atoms with Gasteiger partial charge in [-0.2, -0.15) is 8.78 Å². The number of rotatable bonds is 8. The number of para-hydroxylation sites is 1. The van der Waals surface area contributed by atoms with E-state index in [1.54, 1.807) is 56.6 Å². The average molecular weight is 375 g/mol. The van der Waals surface area contributed by atoms with Gasteiger partial charge in [-0.1, -0.05) is 18.2 Å². The molecule has 0 radical (unpaired) electrons. The van der Waals surface area contributed by atoms with Crippen molar-refractivity contribution in [2.24, 2.45) is 0 Å². The molecule has 0 N–H and O–H groups in total. The molecule has 0 atom stereocenters. The summed E-state index contributed by atoms with van der Waals surface area (Å²) >= 11 is 0. The summed E-state index contributed by atoms with van der Waals surface area (Å²) in [6, 6.07) is 12.5. The van der Waals surface area contributed by atoms with Crippen molar-refractivity contribution >= 4 is 17.8 Å². The van der Waals surface area contributed by atoms with Crippen molar-refractivity contribution < 1.29 is 27.8 Å². The number of ether oxygens (including phenoxy) is 2. The van der Waals surface area contributed by atoms with Crippen molar-refractivity contribution in [1.29, 1.82) is 0 Å². The lowest BCUT2D eigenvalue weighted by Gasteiger charge is -2.11. The Bertz CT molecular complexity index is 817. The minimum absolute atomic E-state index is 0.00847. The molecule has 27 heavy (non-hydrogen) atoms. The fourth-order valence-corrected chi connectivity index (χ4v) is 2.07. The molecule has 0 aliphatic rings. The lowest BCUT2D eigenvalue weighted by Crippen LogP contribution is -2.27. The summed E-state index contributed by atoms with van der Waals surface area (Å²) in [7, 11) is 3.26. The Kier molecular flexibility index (Phi) is 7.05. The summed E-state index contributed by atoms with van der Waals surface area (Å²) in [5.74, 6) is -0.0344. The number of hydrogen-bond donors (Lipinski definition) is 0. The molecule has 0 saturated heterocycles. The third-order valence-electron chi connectivity index (χ3n) is 3.55. The molecule has 0 fully saturated rings. The first-order valence-corrected chi connectivity index (χ1v) is 8.06. The van der Waals surface area contributed by atoms with Gasteiger partial charge in [-0.05, 0) is 42.5 Å². The summed E-state index contributed by atoms with van der Waals surface area (Å²) in [5.41, 5.74) is 0.762. The molecule has 2 rings (SSSR count). The molecule has 5 nitrogen and oxygen atoms in total. The van der Waals surface area contributed by atoms with Gasteiger partial charge in [0.2, 0.25) is 0 Å². The van der Waals surface area contributed by atoms with E-state index in [2.05, 4.69) is 4.74 Å². The predicted octanol–water partition coefficient (Wildman–Crippen LogP) is 3.65. The van der Waals surface area contributed by atoms with E-state index in [1.165, 1.54) is 23.1 Å². The van der Waals surface area contributed by atoms with Gasteiger partial charge in [0.05, 0.1) is 0 Å². The number of alkyl halides is 2. The molecular formula is C20H19F2NO4. The molecule has 7 heteroatoms. The maximum atomic E-state index is 12.4. The average Bonchev–Trinajstić information content (AvgIpc) is 2.65. The second kappa shape index (κ2) is 9.47. The van der Waals surface area contributed by atoms with Gasteiger partial charge in [0.1, 0.15) is 11.5 Å². The van der Waals surface area contributed by atoms with Gasteiger partial charge in [-0.25, -0.2) is 0 Å². The molecule has 142 valence electrons. The highest BCUT2D eigenvalue weighted by atomic mass is 19.3. The number of ketones is 1. The second-order valence-electron chi connectivity index (χ2n) is 5.72. The lowest BCUT2D eigenvalue weighted by molar-refractivity contribution is -0.130. The van der Waals surface area contributed by atoms with Gasteiger partial charge < -0.3 is 14.4 Å². The number of likely N-dealkylation sites (N-methyl/N-ethyl adjacent to an activating group) is 1.